The SMILES string of the molecule is COC(=O)c1ccc(OCCCCCc2ccccc2)cc1. The van der Waals surface area contributed by atoms with Crippen molar-refractivity contribution < 1.29 is 14.3 Å². The standard InChI is InChI=1S/C19H22O3/c1-21-19(20)17-11-13-18(14-12-17)22-15-7-3-6-10-16-8-4-2-5-9-16/h2,4-5,8-9,11-14H,3,6-7,10,15H2,1H3. The summed E-state index contributed by atoms with van der Waals surface area (Å²) >= 11 is 0. The van der Waals surface area contributed by atoms with Crippen molar-refractivity contribution in [3.05, 3.63) is 65.7 Å². The molecule has 3 nitrogen and oxygen atoms in total. The number of carbonyl (C=O) groups is 1. The molecule has 2 aromatic carbocycles. The molecule has 22 heavy (non-hydrogen) atoms. The minimum atomic E-state index is -0.326. The molecule has 0 radical (unpaired) electrons. The lowest BCUT2D eigenvalue weighted by Crippen LogP contribution is -2.01. The van der Waals surface area contributed by atoms with Gasteiger partial charge in [-0.2, -0.15) is 0 Å². The summed E-state index contributed by atoms with van der Waals surface area (Å²) in [5, 5.41) is 0. The van der Waals surface area contributed by atoms with Crippen LogP contribution in [-0.2, 0) is 11.2 Å². The zero-order chi connectivity index (χ0) is 15.6. The van der Waals surface area contributed by atoms with E-state index in [4.69, 9.17) is 4.74 Å². The van der Waals surface area contributed by atoms with E-state index >= 15 is 0 Å². The van der Waals surface area contributed by atoms with Gasteiger partial charge < -0.3 is 9.47 Å². The molecule has 3 heteroatoms. The Balaban J connectivity index is 1.61. The van der Waals surface area contributed by atoms with E-state index in [9.17, 15) is 4.79 Å². The molecule has 0 N–H and O–H groups in total. The van der Waals surface area contributed by atoms with Crippen LogP contribution < -0.4 is 4.74 Å². The fraction of sp³-hybridized carbons (Fsp3) is 0.316. The topological polar surface area (TPSA) is 35.5 Å². The summed E-state index contributed by atoms with van der Waals surface area (Å²) in [5.74, 6) is 0.461. The number of rotatable bonds is 8. The van der Waals surface area contributed by atoms with Crippen molar-refractivity contribution >= 4 is 5.97 Å². The van der Waals surface area contributed by atoms with Gasteiger partial charge >= 0.3 is 5.97 Å². The van der Waals surface area contributed by atoms with E-state index in [1.54, 1.807) is 24.3 Å². The smallest absolute Gasteiger partial charge is 0.337 e. The Labute approximate surface area is 131 Å². The van der Waals surface area contributed by atoms with Gasteiger partial charge in [-0.15, -0.1) is 0 Å². The molecule has 0 unspecified atom stereocenters. The fourth-order valence-corrected chi connectivity index (χ4v) is 2.25. The normalized spacial score (nSPS) is 10.2. The van der Waals surface area contributed by atoms with Crippen LogP contribution in [0.4, 0.5) is 0 Å². The number of hydrogen-bond acceptors (Lipinski definition) is 3. The molecular weight excluding hydrogens is 276 g/mol. The zero-order valence-electron chi connectivity index (χ0n) is 13.0. The number of esters is 1. The monoisotopic (exact) mass is 298 g/mol. The second-order valence-corrected chi connectivity index (χ2v) is 5.16. The third-order valence-electron chi connectivity index (χ3n) is 3.50. The first-order valence-corrected chi connectivity index (χ1v) is 7.64. The lowest BCUT2D eigenvalue weighted by molar-refractivity contribution is 0.0600. The molecular formula is C19H22O3. The van der Waals surface area contributed by atoms with Gasteiger partial charge in [0.05, 0.1) is 19.3 Å². The lowest BCUT2D eigenvalue weighted by Gasteiger charge is -2.07. The van der Waals surface area contributed by atoms with Crippen molar-refractivity contribution in [2.75, 3.05) is 13.7 Å². The second-order valence-electron chi connectivity index (χ2n) is 5.16. The Kier molecular flexibility index (Phi) is 6.49. The highest BCUT2D eigenvalue weighted by atomic mass is 16.5. The van der Waals surface area contributed by atoms with Crippen molar-refractivity contribution in [2.45, 2.75) is 25.7 Å². The van der Waals surface area contributed by atoms with E-state index in [1.807, 2.05) is 6.07 Å². The van der Waals surface area contributed by atoms with Crippen molar-refractivity contribution in [3.63, 3.8) is 0 Å². The van der Waals surface area contributed by atoms with Gasteiger partial charge in [-0.1, -0.05) is 30.3 Å². The number of unbranched alkanes of at least 4 members (excludes halogenated alkanes) is 2. The number of methoxy groups -OCH3 is 1. The molecule has 0 aliphatic heterocycles. The zero-order valence-corrected chi connectivity index (χ0v) is 13.0. The maximum Gasteiger partial charge on any atom is 0.337 e. The summed E-state index contributed by atoms with van der Waals surface area (Å²) in [5.41, 5.74) is 1.93. The predicted molar refractivity (Wildman–Crippen MR) is 87.3 cm³/mol. The van der Waals surface area contributed by atoms with Crippen LogP contribution in [0, 0.1) is 0 Å². The molecule has 2 aromatic rings. The minimum absolute atomic E-state index is 0.326. The molecule has 0 atom stereocenters. The molecule has 0 spiro atoms. The highest BCUT2D eigenvalue weighted by molar-refractivity contribution is 5.89. The van der Waals surface area contributed by atoms with Gasteiger partial charge in [0.25, 0.3) is 0 Å². The Bertz CT molecular complexity index is 561. The van der Waals surface area contributed by atoms with Gasteiger partial charge in [0.2, 0.25) is 0 Å². The molecule has 0 aliphatic carbocycles. The summed E-state index contributed by atoms with van der Waals surface area (Å²) in [6, 6.07) is 17.6. The molecule has 0 heterocycles. The van der Waals surface area contributed by atoms with Gasteiger partial charge in [0, 0.05) is 0 Å². The van der Waals surface area contributed by atoms with Crippen LogP contribution >= 0.6 is 0 Å². The minimum Gasteiger partial charge on any atom is -0.494 e. The van der Waals surface area contributed by atoms with Gasteiger partial charge in [0.1, 0.15) is 5.75 Å². The van der Waals surface area contributed by atoms with E-state index in [1.165, 1.54) is 19.1 Å². The maximum atomic E-state index is 11.3. The van der Waals surface area contributed by atoms with Gasteiger partial charge in [-0.25, -0.2) is 4.79 Å². The largest absolute Gasteiger partial charge is 0.494 e. The van der Waals surface area contributed by atoms with Crippen molar-refractivity contribution in [2.24, 2.45) is 0 Å². The number of aryl methyl sites for hydroxylation is 1. The lowest BCUT2D eigenvalue weighted by atomic mass is 10.1. The highest BCUT2D eigenvalue weighted by Gasteiger charge is 2.04. The van der Waals surface area contributed by atoms with Gasteiger partial charge in [-0.05, 0) is 55.5 Å². The number of carbonyl (C=O) groups excluding carboxylic acids is 1. The molecule has 0 bridgehead atoms. The molecule has 2 rings (SSSR count). The van der Waals surface area contributed by atoms with Crippen molar-refractivity contribution in [1.82, 2.24) is 0 Å². The van der Waals surface area contributed by atoms with Crippen molar-refractivity contribution in [1.29, 1.82) is 0 Å². The Morgan fingerprint density at radius 3 is 2.32 bits per heavy atom. The van der Waals surface area contributed by atoms with Crippen LogP contribution in [-0.4, -0.2) is 19.7 Å². The van der Waals surface area contributed by atoms with E-state index in [-0.39, 0.29) is 5.97 Å². The van der Waals surface area contributed by atoms with Crippen LogP contribution in [0.1, 0.15) is 35.2 Å². The maximum absolute atomic E-state index is 11.3. The summed E-state index contributed by atoms with van der Waals surface area (Å²) < 4.78 is 10.3. The average Bonchev–Trinajstić information content (AvgIpc) is 2.58. The van der Waals surface area contributed by atoms with Crippen LogP contribution in [0.25, 0.3) is 0 Å². The van der Waals surface area contributed by atoms with E-state index in [0.717, 1.165) is 25.0 Å². The number of benzene rings is 2. The van der Waals surface area contributed by atoms with Crippen molar-refractivity contribution in [3.8, 4) is 5.75 Å². The molecule has 0 fully saturated rings. The quantitative estimate of drug-likeness (QED) is 0.539. The van der Waals surface area contributed by atoms with E-state index in [2.05, 4.69) is 29.0 Å². The first-order chi connectivity index (χ1) is 10.8. The summed E-state index contributed by atoms with van der Waals surface area (Å²) in [7, 11) is 1.38. The second kappa shape index (κ2) is 8.88. The van der Waals surface area contributed by atoms with Crippen LogP contribution in [0.15, 0.2) is 54.6 Å². The number of hydrogen-bond donors (Lipinski definition) is 0. The van der Waals surface area contributed by atoms with Crippen LogP contribution in [0.5, 0.6) is 5.75 Å². The molecule has 0 saturated heterocycles. The summed E-state index contributed by atoms with van der Waals surface area (Å²) in [6.45, 7) is 0.701. The Morgan fingerprint density at radius 2 is 1.64 bits per heavy atom. The fourth-order valence-electron chi connectivity index (χ4n) is 2.25. The summed E-state index contributed by atoms with van der Waals surface area (Å²) in [6.07, 6.45) is 4.48. The first-order valence-electron chi connectivity index (χ1n) is 7.64. The first kappa shape index (κ1) is 16.1. The van der Waals surface area contributed by atoms with Gasteiger partial charge in [0.15, 0.2) is 0 Å². The van der Waals surface area contributed by atoms with E-state index in [0.29, 0.717) is 12.2 Å². The van der Waals surface area contributed by atoms with Crippen LogP contribution in [0.3, 0.4) is 0 Å². The Morgan fingerprint density at radius 1 is 0.909 bits per heavy atom. The average molecular weight is 298 g/mol. The van der Waals surface area contributed by atoms with Gasteiger partial charge in [-0.3, -0.25) is 0 Å². The van der Waals surface area contributed by atoms with Crippen LogP contribution in [0.2, 0.25) is 0 Å². The third-order valence-corrected chi connectivity index (χ3v) is 3.50. The number of ether oxygens (including phenoxy) is 2. The molecule has 0 aliphatic rings. The predicted octanol–water partition coefficient (Wildman–Crippen LogP) is 4.27. The Hall–Kier alpha value is -2.29. The summed E-state index contributed by atoms with van der Waals surface area (Å²) in [4.78, 5) is 11.3. The molecule has 0 aromatic heterocycles. The highest BCUT2D eigenvalue weighted by Crippen LogP contribution is 2.14. The third kappa shape index (κ3) is 5.24. The molecule has 0 amide bonds. The molecule has 116 valence electrons. The molecule has 0 saturated carbocycles. The van der Waals surface area contributed by atoms with E-state index < -0.39 is 0 Å².